The van der Waals surface area contributed by atoms with E-state index in [1.54, 1.807) is 31.0 Å². The largest absolute Gasteiger partial charge is 0.342 e. The van der Waals surface area contributed by atoms with Crippen LogP contribution in [0.5, 0.6) is 0 Å². The summed E-state index contributed by atoms with van der Waals surface area (Å²) in [5.74, 6) is -0.199. The van der Waals surface area contributed by atoms with Gasteiger partial charge in [-0.1, -0.05) is 19.4 Å². The van der Waals surface area contributed by atoms with Gasteiger partial charge in [0.2, 0.25) is 0 Å². The fourth-order valence-electron chi connectivity index (χ4n) is 1.71. The monoisotopic (exact) mass is 303 g/mol. The number of aryl methyl sites for hydroxylation is 1. The number of halogens is 1. The maximum absolute atomic E-state index is 12.1. The number of amides is 1. The summed E-state index contributed by atoms with van der Waals surface area (Å²) in [6, 6.07) is 4.55. The number of rotatable bonds is 5. The van der Waals surface area contributed by atoms with E-state index in [4.69, 9.17) is 10.7 Å². The standard InChI is InChI=1S/C13H18ClNO3S/c1-4-5-8-15(3)13(16)11-7-6-10(2)12(9-11)19(14,17)18/h6-7,9H,4-5,8H2,1-3H3. The lowest BCUT2D eigenvalue weighted by molar-refractivity contribution is 0.0793. The van der Waals surface area contributed by atoms with Crippen molar-refractivity contribution in [3.63, 3.8) is 0 Å². The lowest BCUT2D eigenvalue weighted by atomic mass is 10.1. The summed E-state index contributed by atoms with van der Waals surface area (Å²) in [6.45, 7) is 4.33. The lowest BCUT2D eigenvalue weighted by Crippen LogP contribution is -2.27. The Morgan fingerprint density at radius 3 is 2.53 bits per heavy atom. The van der Waals surface area contributed by atoms with Crippen LogP contribution in [0, 0.1) is 6.92 Å². The number of carbonyl (C=O) groups excluding carboxylic acids is 1. The summed E-state index contributed by atoms with van der Waals surface area (Å²) in [4.78, 5) is 13.7. The molecule has 19 heavy (non-hydrogen) atoms. The fourth-order valence-corrected chi connectivity index (χ4v) is 2.93. The van der Waals surface area contributed by atoms with Crippen molar-refractivity contribution in [3.05, 3.63) is 29.3 Å². The molecule has 1 amide bonds. The summed E-state index contributed by atoms with van der Waals surface area (Å²) in [5, 5.41) is 0. The first-order valence-electron chi connectivity index (χ1n) is 6.08. The second-order valence-electron chi connectivity index (χ2n) is 4.50. The Bertz CT molecular complexity index is 569. The second-order valence-corrected chi connectivity index (χ2v) is 7.03. The van der Waals surface area contributed by atoms with Crippen LogP contribution in [0.1, 0.15) is 35.7 Å². The first kappa shape index (κ1) is 16.0. The molecule has 106 valence electrons. The van der Waals surface area contributed by atoms with Crippen molar-refractivity contribution >= 4 is 25.6 Å². The first-order valence-corrected chi connectivity index (χ1v) is 8.39. The van der Waals surface area contributed by atoms with Crippen LogP contribution in [0.25, 0.3) is 0 Å². The van der Waals surface area contributed by atoms with E-state index in [2.05, 4.69) is 0 Å². The van der Waals surface area contributed by atoms with Crippen molar-refractivity contribution in [2.75, 3.05) is 13.6 Å². The Morgan fingerprint density at radius 1 is 1.37 bits per heavy atom. The van der Waals surface area contributed by atoms with Gasteiger partial charge in [-0.2, -0.15) is 0 Å². The Morgan fingerprint density at radius 2 is 2.00 bits per heavy atom. The Hall–Kier alpha value is -1.07. The van der Waals surface area contributed by atoms with Gasteiger partial charge in [0, 0.05) is 29.8 Å². The van der Waals surface area contributed by atoms with Gasteiger partial charge < -0.3 is 4.90 Å². The molecule has 1 rings (SSSR count). The van der Waals surface area contributed by atoms with Gasteiger partial charge in [0.25, 0.3) is 15.0 Å². The van der Waals surface area contributed by atoms with Crippen LogP contribution in [0.3, 0.4) is 0 Å². The minimum absolute atomic E-state index is 0.0103. The van der Waals surface area contributed by atoms with E-state index in [1.165, 1.54) is 6.07 Å². The topological polar surface area (TPSA) is 54.5 Å². The molecule has 6 heteroatoms. The SMILES string of the molecule is CCCCN(C)C(=O)c1ccc(C)c(S(=O)(=O)Cl)c1. The number of hydrogen-bond acceptors (Lipinski definition) is 3. The molecule has 0 radical (unpaired) electrons. The van der Waals surface area contributed by atoms with Crippen molar-refractivity contribution in [3.8, 4) is 0 Å². The molecule has 0 bridgehead atoms. The maximum Gasteiger partial charge on any atom is 0.261 e. The Labute approximate surface area is 118 Å². The quantitative estimate of drug-likeness (QED) is 0.786. The zero-order valence-electron chi connectivity index (χ0n) is 11.3. The molecule has 0 saturated carbocycles. The molecule has 0 aliphatic heterocycles. The number of unbranched alkanes of at least 4 members (excludes halogenated alkanes) is 1. The van der Waals surface area contributed by atoms with Gasteiger partial charge in [0.15, 0.2) is 0 Å². The third-order valence-corrected chi connectivity index (χ3v) is 4.36. The Kier molecular flexibility index (Phi) is 5.38. The van der Waals surface area contributed by atoms with E-state index in [0.717, 1.165) is 12.8 Å². The number of hydrogen-bond donors (Lipinski definition) is 0. The zero-order chi connectivity index (χ0) is 14.6. The number of nitrogens with zero attached hydrogens (tertiary/aromatic N) is 1. The van der Waals surface area contributed by atoms with Crippen LogP contribution in [0.2, 0.25) is 0 Å². The highest BCUT2D eigenvalue weighted by Crippen LogP contribution is 2.21. The van der Waals surface area contributed by atoms with Gasteiger partial charge in [-0.3, -0.25) is 4.79 Å². The van der Waals surface area contributed by atoms with Gasteiger partial charge in [-0.25, -0.2) is 8.42 Å². The molecule has 0 aliphatic carbocycles. The average molecular weight is 304 g/mol. The number of carbonyl (C=O) groups is 1. The summed E-state index contributed by atoms with van der Waals surface area (Å²) >= 11 is 0. The van der Waals surface area contributed by atoms with Crippen LogP contribution in [0.4, 0.5) is 0 Å². The molecular formula is C13H18ClNO3S. The smallest absolute Gasteiger partial charge is 0.261 e. The van der Waals surface area contributed by atoms with Gasteiger partial charge in [-0.05, 0) is 31.0 Å². The van der Waals surface area contributed by atoms with E-state index >= 15 is 0 Å². The molecule has 0 aromatic heterocycles. The van der Waals surface area contributed by atoms with Crippen molar-refractivity contribution in [1.29, 1.82) is 0 Å². The molecule has 0 unspecified atom stereocenters. The third kappa shape index (κ3) is 4.21. The summed E-state index contributed by atoms with van der Waals surface area (Å²) in [7, 11) is 3.22. The normalized spacial score (nSPS) is 11.4. The second kappa shape index (κ2) is 6.39. The molecule has 4 nitrogen and oxygen atoms in total. The highest BCUT2D eigenvalue weighted by Gasteiger charge is 2.18. The van der Waals surface area contributed by atoms with E-state index in [9.17, 15) is 13.2 Å². The molecule has 1 aromatic rings. The molecule has 0 heterocycles. The molecule has 1 aromatic carbocycles. The minimum atomic E-state index is -3.83. The zero-order valence-corrected chi connectivity index (χ0v) is 12.9. The first-order chi connectivity index (χ1) is 8.77. The fraction of sp³-hybridized carbons (Fsp3) is 0.462. The minimum Gasteiger partial charge on any atom is -0.342 e. The molecule has 0 atom stereocenters. The molecular weight excluding hydrogens is 286 g/mol. The van der Waals surface area contributed by atoms with Crippen LogP contribution in [-0.4, -0.2) is 32.8 Å². The average Bonchev–Trinajstić information content (AvgIpc) is 2.34. The van der Waals surface area contributed by atoms with E-state index in [0.29, 0.717) is 17.7 Å². The van der Waals surface area contributed by atoms with Crippen molar-refractivity contribution in [1.82, 2.24) is 4.90 Å². The summed E-state index contributed by atoms with van der Waals surface area (Å²) < 4.78 is 22.8. The molecule has 0 fully saturated rings. The van der Waals surface area contributed by atoms with Crippen LogP contribution < -0.4 is 0 Å². The van der Waals surface area contributed by atoms with Crippen LogP contribution >= 0.6 is 10.7 Å². The predicted molar refractivity (Wildman–Crippen MR) is 76.1 cm³/mol. The van der Waals surface area contributed by atoms with E-state index in [1.807, 2.05) is 6.92 Å². The van der Waals surface area contributed by atoms with Gasteiger partial charge >= 0.3 is 0 Å². The van der Waals surface area contributed by atoms with Gasteiger partial charge in [0.1, 0.15) is 0 Å². The van der Waals surface area contributed by atoms with Crippen LogP contribution in [0.15, 0.2) is 23.1 Å². The van der Waals surface area contributed by atoms with E-state index < -0.39 is 9.05 Å². The Balaban J connectivity index is 3.06. The summed E-state index contributed by atoms with van der Waals surface area (Å²) in [6.07, 6.45) is 1.90. The molecule has 0 saturated heterocycles. The molecule has 0 aliphatic rings. The highest BCUT2D eigenvalue weighted by molar-refractivity contribution is 8.13. The van der Waals surface area contributed by atoms with Gasteiger partial charge in [-0.15, -0.1) is 0 Å². The van der Waals surface area contributed by atoms with Crippen molar-refractivity contribution < 1.29 is 13.2 Å². The van der Waals surface area contributed by atoms with Crippen molar-refractivity contribution in [2.45, 2.75) is 31.6 Å². The van der Waals surface area contributed by atoms with Crippen molar-refractivity contribution in [2.24, 2.45) is 0 Å². The third-order valence-electron chi connectivity index (χ3n) is 2.89. The van der Waals surface area contributed by atoms with Crippen LogP contribution in [-0.2, 0) is 9.05 Å². The lowest BCUT2D eigenvalue weighted by Gasteiger charge is -2.17. The van der Waals surface area contributed by atoms with Gasteiger partial charge in [0.05, 0.1) is 4.90 Å². The molecule has 0 N–H and O–H groups in total. The number of benzene rings is 1. The highest BCUT2D eigenvalue weighted by atomic mass is 35.7. The summed E-state index contributed by atoms with van der Waals surface area (Å²) in [5.41, 5.74) is 0.867. The molecule has 0 spiro atoms. The van der Waals surface area contributed by atoms with E-state index in [-0.39, 0.29) is 10.8 Å². The predicted octanol–water partition coefficient (Wildman–Crippen LogP) is 2.79. The maximum atomic E-state index is 12.1.